The summed E-state index contributed by atoms with van der Waals surface area (Å²) in [5.74, 6) is 1.97. The molecule has 10 heteroatoms. The number of amides is 1. The molecule has 0 bridgehead atoms. The third-order valence-corrected chi connectivity index (χ3v) is 8.53. The largest absolute Gasteiger partial charge is 0.379 e. The molecule has 3 aliphatic rings. The standard InChI is InChI=1S/C29H36ClN7O2/c30-26-15-22(11-12-31-26)35-29(39)25-17-32-28-24(33-20-9-10-20)16-27(36-37(25)28)34-21-7-5-19(6-8-21)14-23(38)13-18-3-1-2-4-18/h11-12,15-21,33H,1-10,13-14H2,(H,34,36)(H,31,35,39). The van der Waals surface area contributed by atoms with Crippen LogP contribution in [0, 0.1) is 11.8 Å². The predicted octanol–water partition coefficient (Wildman–Crippen LogP) is 6.11. The molecular weight excluding hydrogens is 514 g/mol. The average Bonchev–Trinajstić information content (AvgIpc) is 3.38. The number of nitrogens with zero attached hydrogens (tertiary/aromatic N) is 4. The second kappa shape index (κ2) is 11.5. The highest BCUT2D eigenvalue weighted by Crippen LogP contribution is 2.33. The number of imidazole rings is 1. The molecule has 3 N–H and O–H groups in total. The van der Waals surface area contributed by atoms with Crippen LogP contribution in [-0.2, 0) is 4.79 Å². The second-order valence-corrected chi connectivity index (χ2v) is 11.9. The third-order valence-electron chi connectivity index (χ3n) is 8.33. The summed E-state index contributed by atoms with van der Waals surface area (Å²) >= 11 is 5.98. The normalized spacial score (nSPS) is 21.7. The van der Waals surface area contributed by atoms with Crippen molar-refractivity contribution in [2.24, 2.45) is 11.8 Å². The Balaban J connectivity index is 1.13. The summed E-state index contributed by atoms with van der Waals surface area (Å²) in [5, 5.41) is 15.1. The van der Waals surface area contributed by atoms with Gasteiger partial charge in [0.1, 0.15) is 16.8 Å². The van der Waals surface area contributed by atoms with E-state index in [-0.39, 0.29) is 11.9 Å². The van der Waals surface area contributed by atoms with Crippen LogP contribution in [0.4, 0.5) is 17.2 Å². The zero-order valence-electron chi connectivity index (χ0n) is 22.2. The lowest BCUT2D eigenvalue weighted by molar-refractivity contribution is -0.121. The first-order valence-electron chi connectivity index (χ1n) is 14.4. The minimum absolute atomic E-state index is 0.282. The van der Waals surface area contributed by atoms with Crippen molar-refractivity contribution in [1.82, 2.24) is 19.6 Å². The van der Waals surface area contributed by atoms with Crippen LogP contribution >= 0.6 is 11.6 Å². The van der Waals surface area contributed by atoms with E-state index in [0.29, 0.717) is 51.7 Å². The van der Waals surface area contributed by atoms with Gasteiger partial charge in [-0.05, 0) is 62.5 Å². The number of hydrogen-bond donors (Lipinski definition) is 3. The number of rotatable bonds is 10. The van der Waals surface area contributed by atoms with Gasteiger partial charge in [0.15, 0.2) is 11.3 Å². The van der Waals surface area contributed by atoms with Gasteiger partial charge in [-0.2, -0.15) is 0 Å². The maximum Gasteiger partial charge on any atom is 0.276 e. The molecule has 0 saturated heterocycles. The third kappa shape index (κ3) is 6.52. The van der Waals surface area contributed by atoms with Crippen LogP contribution in [0.3, 0.4) is 0 Å². The van der Waals surface area contributed by atoms with E-state index in [1.807, 2.05) is 6.07 Å². The van der Waals surface area contributed by atoms with Gasteiger partial charge in [-0.1, -0.05) is 37.3 Å². The molecule has 3 saturated carbocycles. The molecular formula is C29H36ClN7O2. The van der Waals surface area contributed by atoms with Crippen LogP contribution in [-0.4, -0.2) is 43.4 Å². The molecule has 3 aromatic heterocycles. The molecule has 3 aliphatic carbocycles. The van der Waals surface area contributed by atoms with Crippen molar-refractivity contribution in [3.05, 3.63) is 41.4 Å². The summed E-state index contributed by atoms with van der Waals surface area (Å²) in [6.07, 6.45) is 16.0. The van der Waals surface area contributed by atoms with E-state index < -0.39 is 0 Å². The number of nitrogens with one attached hydrogen (secondary N) is 3. The van der Waals surface area contributed by atoms with Crippen LogP contribution < -0.4 is 16.0 Å². The predicted molar refractivity (Wildman–Crippen MR) is 152 cm³/mol. The molecule has 0 spiro atoms. The van der Waals surface area contributed by atoms with Crippen molar-refractivity contribution < 1.29 is 9.59 Å². The van der Waals surface area contributed by atoms with Gasteiger partial charge >= 0.3 is 0 Å². The summed E-state index contributed by atoms with van der Waals surface area (Å²) in [6, 6.07) is 6.00. The first-order valence-corrected chi connectivity index (χ1v) is 14.7. The molecule has 9 nitrogen and oxygen atoms in total. The van der Waals surface area contributed by atoms with Crippen LogP contribution in [0.1, 0.15) is 87.5 Å². The fourth-order valence-electron chi connectivity index (χ4n) is 6.08. The van der Waals surface area contributed by atoms with Crippen molar-refractivity contribution in [2.75, 3.05) is 16.0 Å². The van der Waals surface area contributed by atoms with Gasteiger partial charge in [0.05, 0.1) is 11.9 Å². The Hall–Kier alpha value is -3.20. The lowest BCUT2D eigenvalue weighted by atomic mass is 9.82. The number of carbonyl (C=O) groups is 2. The van der Waals surface area contributed by atoms with E-state index in [1.54, 1.807) is 29.0 Å². The van der Waals surface area contributed by atoms with E-state index in [1.165, 1.54) is 25.7 Å². The number of fused-ring (bicyclic) bond motifs is 1. The van der Waals surface area contributed by atoms with Crippen molar-refractivity contribution in [3.63, 3.8) is 0 Å². The lowest BCUT2D eigenvalue weighted by Gasteiger charge is -2.29. The second-order valence-electron chi connectivity index (χ2n) is 11.5. The van der Waals surface area contributed by atoms with E-state index in [9.17, 15) is 9.59 Å². The molecule has 6 rings (SSSR count). The Morgan fingerprint density at radius 2 is 1.59 bits per heavy atom. The van der Waals surface area contributed by atoms with E-state index in [2.05, 4.69) is 25.9 Å². The highest BCUT2D eigenvalue weighted by atomic mass is 35.5. The molecule has 206 valence electrons. The molecule has 3 heterocycles. The van der Waals surface area contributed by atoms with Crippen LogP contribution in [0.2, 0.25) is 5.15 Å². The number of Topliss-reactive ketones (excluding diaryl/α,β-unsaturated/α-hetero) is 1. The molecule has 0 aromatic carbocycles. The molecule has 39 heavy (non-hydrogen) atoms. The summed E-state index contributed by atoms with van der Waals surface area (Å²) < 4.78 is 1.61. The number of hydrogen-bond acceptors (Lipinski definition) is 7. The van der Waals surface area contributed by atoms with Gasteiger partial charge < -0.3 is 16.0 Å². The van der Waals surface area contributed by atoms with Crippen LogP contribution in [0.25, 0.3) is 5.65 Å². The van der Waals surface area contributed by atoms with E-state index in [0.717, 1.165) is 57.1 Å². The summed E-state index contributed by atoms with van der Waals surface area (Å²) in [6.45, 7) is 0. The smallest absolute Gasteiger partial charge is 0.276 e. The summed E-state index contributed by atoms with van der Waals surface area (Å²) in [5.41, 5.74) is 2.38. The Morgan fingerprint density at radius 1 is 0.897 bits per heavy atom. The highest BCUT2D eigenvalue weighted by Gasteiger charge is 2.27. The van der Waals surface area contributed by atoms with Gasteiger partial charge in [0.25, 0.3) is 5.91 Å². The number of ketones is 1. The quantitative estimate of drug-likeness (QED) is 0.261. The molecule has 1 amide bonds. The van der Waals surface area contributed by atoms with Crippen LogP contribution in [0.15, 0.2) is 30.6 Å². The Bertz CT molecular complexity index is 1340. The van der Waals surface area contributed by atoms with Crippen molar-refractivity contribution in [1.29, 1.82) is 0 Å². The Labute approximate surface area is 233 Å². The molecule has 0 aliphatic heterocycles. The Kier molecular flexibility index (Phi) is 7.68. The maximum absolute atomic E-state index is 13.1. The highest BCUT2D eigenvalue weighted by molar-refractivity contribution is 6.29. The Morgan fingerprint density at radius 3 is 2.31 bits per heavy atom. The molecule has 3 fully saturated rings. The molecule has 0 unspecified atom stereocenters. The van der Waals surface area contributed by atoms with E-state index in [4.69, 9.17) is 16.7 Å². The number of anilines is 3. The van der Waals surface area contributed by atoms with Crippen molar-refractivity contribution >= 4 is 46.1 Å². The van der Waals surface area contributed by atoms with Gasteiger partial charge in [-0.25, -0.2) is 14.5 Å². The number of aromatic nitrogens is 4. The maximum atomic E-state index is 13.1. The average molecular weight is 550 g/mol. The zero-order valence-corrected chi connectivity index (χ0v) is 22.9. The summed E-state index contributed by atoms with van der Waals surface area (Å²) in [7, 11) is 0. The first kappa shape index (κ1) is 26.0. The fourth-order valence-corrected chi connectivity index (χ4v) is 6.26. The lowest BCUT2D eigenvalue weighted by Crippen LogP contribution is -2.28. The van der Waals surface area contributed by atoms with Crippen molar-refractivity contribution in [3.8, 4) is 0 Å². The zero-order chi connectivity index (χ0) is 26.8. The first-order chi connectivity index (χ1) is 19.0. The monoisotopic (exact) mass is 549 g/mol. The molecule has 0 atom stereocenters. The van der Waals surface area contributed by atoms with Gasteiger partial charge in [0, 0.05) is 42.9 Å². The summed E-state index contributed by atoms with van der Waals surface area (Å²) in [4.78, 5) is 34.2. The van der Waals surface area contributed by atoms with Crippen LogP contribution in [0.5, 0.6) is 0 Å². The number of halogens is 1. The van der Waals surface area contributed by atoms with E-state index >= 15 is 0 Å². The molecule has 3 aromatic rings. The SMILES string of the molecule is O=C(CC1CCCC1)CC1CCC(Nc2cc(NC3CC3)c3ncc(C(=O)Nc4ccnc(Cl)c4)n3n2)CC1. The van der Waals surface area contributed by atoms with Gasteiger partial charge in [-0.15, -0.1) is 5.10 Å². The topological polar surface area (TPSA) is 113 Å². The fraction of sp³-hybridized carbons (Fsp3) is 0.552. The van der Waals surface area contributed by atoms with Gasteiger partial charge in [-0.3, -0.25) is 9.59 Å². The number of pyridine rings is 1. The van der Waals surface area contributed by atoms with Crippen molar-refractivity contribution in [2.45, 2.75) is 89.1 Å². The number of carbonyl (C=O) groups excluding carboxylic acids is 2. The minimum Gasteiger partial charge on any atom is -0.379 e. The minimum atomic E-state index is -0.324. The molecule has 0 radical (unpaired) electrons. The van der Waals surface area contributed by atoms with Gasteiger partial charge in [0.2, 0.25) is 0 Å².